The molecular formula is C27H41N3O3. The van der Waals surface area contributed by atoms with Crippen molar-refractivity contribution in [2.45, 2.75) is 70.9 Å². The third-order valence-corrected chi connectivity index (χ3v) is 8.31. The minimum absolute atomic E-state index is 0.00343. The fourth-order valence-electron chi connectivity index (χ4n) is 6.34. The van der Waals surface area contributed by atoms with E-state index in [1.165, 1.54) is 44.2 Å². The van der Waals surface area contributed by atoms with Crippen LogP contribution in [0, 0.1) is 17.3 Å². The van der Waals surface area contributed by atoms with Crippen molar-refractivity contribution in [3.63, 3.8) is 0 Å². The van der Waals surface area contributed by atoms with Gasteiger partial charge >= 0.3 is 5.97 Å². The van der Waals surface area contributed by atoms with Crippen LogP contribution in [0.3, 0.4) is 0 Å². The van der Waals surface area contributed by atoms with E-state index in [0.29, 0.717) is 6.54 Å². The molecular weight excluding hydrogens is 414 g/mol. The fraction of sp³-hybridized carbons (Fsp3) is 0.704. The molecule has 1 amide bonds. The number of piperidine rings is 1. The van der Waals surface area contributed by atoms with Gasteiger partial charge in [-0.2, -0.15) is 0 Å². The van der Waals surface area contributed by atoms with Gasteiger partial charge in [-0.05, 0) is 43.1 Å². The van der Waals surface area contributed by atoms with E-state index in [1.807, 2.05) is 25.1 Å². The van der Waals surface area contributed by atoms with Gasteiger partial charge in [-0.3, -0.25) is 14.5 Å². The average molecular weight is 456 g/mol. The summed E-state index contributed by atoms with van der Waals surface area (Å²) in [4.78, 5) is 30.2. The fourth-order valence-corrected chi connectivity index (χ4v) is 6.34. The lowest BCUT2D eigenvalue weighted by molar-refractivity contribution is -0.147. The van der Waals surface area contributed by atoms with Crippen LogP contribution >= 0.6 is 0 Å². The van der Waals surface area contributed by atoms with E-state index < -0.39 is 11.4 Å². The third kappa shape index (κ3) is 6.15. The van der Waals surface area contributed by atoms with Crippen LogP contribution in [0.15, 0.2) is 30.3 Å². The van der Waals surface area contributed by atoms with Gasteiger partial charge in [-0.25, -0.2) is 0 Å². The highest BCUT2D eigenvalue weighted by molar-refractivity contribution is 5.88. The van der Waals surface area contributed by atoms with Crippen LogP contribution < -0.4 is 5.32 Å². The summed E-state index contributed by atoms with van der Waals surface area (Å²) in [6, 6.07) is 10.4. The van der Waals surface area contributed by atoms with Crippen molar-refractivity contribution in [3.8, 4) is 0 Å². The van der Waals surface area contributed by atoms with E-state index in [0.717, 1.165) is 44.9 Å². The van der Waals surface area contributed by atoms with E-state index in [4.69, 9.17) is 0 Å². The largest absolute Gasteiger partial charge is 0.481 e. The summed E-state index contributed by atoms with van der Waals surface area (Å²) in [5, 5.41) is 13.0. The van der Waals surface area contributed by atoms with Crippen molar-refractivity contribution < 1.29 is 14.7 Å². The predicted octanol–water partition coefficient (Wildman–Crippen LogP) is 3.76. The zero-order chi connectivity index (χ0) is 23.3. The minimum atomic E-state index is -0.888. The van der Waals surface area contributed by atoms with Crippen LogP contribution in [-0.4, -0.2) is 65.5 Å². The van der Waals surface area contributed by atoms with Gasteiger partial charge in [0, 0.05) is 45.3 Å². The number of hydrogen-bond acceptors (Lipinski definition) is 4. The van der Waals surface area contributed by atoms with Gasteiger partial charge < -0.3 is 15.3 Å². The van der Waals surface area contributed by atoms with Crippen molar-refractivity contribution in [3.05, 3.63) is 35.9 Å². The van der Waals surface area contributed by atoms with Gasteiger partial charge in [0.1, 0.15) is 0 Å². The van der Waals surface area contributed by atoms with E-state index in [2.05, 4.69) is 27.2 Å². The van der Waals surface area contributed by atoms with Crippen LogP contribution in [0.2, 0.25) is 0 Å². The van der Waals surface area contributed by atoms with Crippen molar-refractivity contribution in [1.82, 2.24) is 15.1 Å². The van der Waals surface area contributed by atoms with Crippen molar-refractivity contribution in [1.29, 1.82) is 0 Å². The molecule has 33 heavy (non-hydrogen) atoms. The number of carboxylic acids is 1. The first-order chi connectivity index (χ1) is 15.9. The number of nitrogens with zero attached hydrogens (tertiary/aromatic N) is 2. The van der Waals surface area contributed by atoms with Crippen LogP contribution in [-0.2, 0) is 16.1 Å². The molecule has 0 radical (unpaired) electrons. The molecule has 2 heterocycles. The topological polar surface area (TPSA) is 72.9 Å². The first kappa shape index (κ1) is 24.2. The highest BCUT2D eigenvalue weighted by Crippen LogP contribution is 2.40. The number of carbonyl (C=O) groups excluding carboxylic acids is 1. The molecule has 4 rings (SSSR count). The van der Waals surface area contributed by atoms with Crippen LogP contribution in [0.25, 0.3) is 0 Å². The molecule has 0 spiro atoms. The second-order valence-electron chi connectivity index (χ2n) is 10.8. The zero-order valence-corrected chi connectivity index (χ0v) is 20.2. The molecule has 182 valence electrons. The number of aliphatic carboxylic acids is 1. The standard InChI is InChI=1S/C27H41N3O3/c1-21-17-30(19-23-10-6-3-7-11-23)20-27(21,16-25(31)32)26(33)28-24-12-14-29(15-13-24)18-22-8-4-2-5-9-22/h3,6-7,10-11,21-22,24H,2,4-5,8-9,12-20H2,1H3,(H,28,33)(H,31,32). The molecule has 2 N–H and O–H groups in total. The Morgan fingerprint density at radius 1 is 1.03 bits per heavy atom. The molecule has 0 aromatic heterocycles. The first-order valence-electron chi connectivity index (χ1n) is 13.0. The summed E-state index contributed by atoms with van der Waals surface area (Å²) in [7, 11) is 0. The summed E-state index contributed by atoms with van der Waals surface area (Å²) < 4.78 is 0. The number of likely N-dealkylation sites (tertiary alicyclic amines) is 2. The lowest BCUT2D eigenvalue weighted by Crippen LogP contribution is -2.53. The third-order valence-electron chi connectivity index (χ3n) is 8.31. The maximum atomic E-state index is 13.6. The number of carbonyl (C=O) groups is 2. The molecule has 2 atom stereocenters. The Morgan fingerprint density at radius 3 is 2.39 bits per heavy atom. The number of benzene rings is 1. The highest BCUT2D eigenvalue weighted by atomic mass is 16.4. The maximum Gasteiger partial charge on any atom is 0.304 e. The molecule has 3 fully saturated rings. The van der Waals surface area contributed by atoms with E-state index in [9.17, 15) is 14.7 Å². The predicted molar refractivity (Wildman–Crippen MR) is 130 cm³/mol. The Labute approximate surface area is 198 Å². The number of hydrogen-bond donors (Lipinski definition) is 2. The van der Waals surface area contributed by atoms with Gasteiger partial charge in [0.25, 0.3) is 0 Å². The molecule has 1 aromatic rings. The minimum Gasteiger partial charge on any atom is -0.481 e. The smallest absolute Gasteiger partial charge is 0.304 e. The van der Waals surface area contributed by atoms with Crippen LogP contribution in [0.1, 0.15) is 63.9 Å². The van der Waals surface area contributed by atoms with Crippen molar-refractivity contribution in [2.24, 2.45) is 17.3 Å². The highest BCUT2D eigenvalue weighted by Gasteiger charge is 2.51. The molecule has 3 aliphatic rings. The Morgan fingerprint density at radius 2 is 1.73 bits per heavy atom. The normalized spacial score (nSPS) is 28.1. The molecule has 2 saturated heterocycles. The molecule has 0 bridgehead atoms. The number of carboxylic acid groups (broad SMARTS) is 1. The summed E-state index contributed by atoms with van der Waals surface area (Å²) in [6.07, 6.45) is 8.70. The Hall–Kier alpha value is -1.92. The number of rotatable bonds is 8. The van der Waals surface area contributed by atoms with Gasteiger partial charge in [0.2, 0.25) is 5.91 Å². The van der Waals surface area contributed by atoms with Gasteiger partial charge in [0.15, 0.2) is 0 Å². The van der Waals surface area contributed by atoms with Crippen molar-refractivity contribution >= 4 is 11.9 Å². The molecule has 6 heteroatoms. The Balaban J connectivity index is 1.33. The summed E-state index contributed by atoms with van der Waals surface area (Å²) in [5.74, 6) is -0.0954. The first-order valence-corrected chi connectivity index (χ1v) is 13.0. The van der Waals surface area contributed by atoms with E-state index in [-0.39, 0.29) is 24.3 Å². The van der Waals surface area contributed by atoms with E-state index in [1.54, 1.807) is 0 Å². The number of nitrogens with one attached hydrogen (secondary N) is 1. The molecule has 2 unspecified atom stereocenters. The van der Waals surface area contributed by atoms with Crippen molar-refractivity contribution in [2.75, 3.05) is 32.7 Å². The molecule has 6 nitrogen and oxygen atoms in total. The molecule has 1 saturated carbocycles. The quantitative estimate of drug-likeness (QED) is 0.624. The summed E-state index contributed by atoms with van der Waals surface area (Å²) in [6.45, 7) is 7.30. The van der Waals surface area contributed by atoms with Crippen LogP contribution in [0.5, 0.6) is 0 Å². The summed E-state index contributed by atoms with van der Waals surface area (Å²) >= 11 is 0. The second-order valence-corrected chi connectivity index (χ2v) is 10.8. The molecule has 1 aromatic carbocycles. The lowest BCUT2D eigenvalue weighted by Gasteiger charge is -2.37. The monoisotopic (exact) mass is 455 g/mol. The van der Waals surface area contributed by atoms with Gasteiger partial charge in [0.05, 0.1) is 11.8 Å². The molecule has 1 aliphatic carbocycles. The molecule has 2 aliphatic heterocycles. The second kappa shape index (κ2) is 11.0. The van der Waals surface area contributed by atoms with Gasteiger partial charge in [-0.15, -0.1) is 0 Å². The Kier molecular flexibility index (Phi) is 8.07. The average Bonchev–Trinajstić information content (AvgIpc) is 3.11. The summed E-state index contributed by atoms with van der Waals surface area (Å²) in [5.41, 5.74) is 0.335. The zero-order valence-electron chi connectivity index (χ0n) is 20.2. The number of amides is 1. The Bertz CT molecular complexity index is 787. The van der Waals surface area contributed by atoms with Gasteiger partial charge in [-0.1, -0.05) is 56.5 Å². The SMILES string of the molecule is CC1CN(Cc2ccccc2)CC1(CC(=O)O)C(=O)NC1CCN(CC2CCCCC2)CC1. The lowest BCUT2D eigenvalue weighted by atomic mass is 9.75. The van der Waals surface area contributed by atoms with Crippen LogP contribution in [0.4, 0.5) is 0 Å². The maximum absolute atomic E-state index is 13.6. The van der Waals surface area contributed by atoms with E-state index >= 15 is 0 Å².